The van der Waals surface area contributed by atoms with Crippen molar-refractivity contribution in [3.63, 3.8) is 0 Å². The fraction of sp³-hybridized carbons (Fsp3) is 0.657. The molecule has 4 rings (SSSR count). The maximum atomic E-state index is 13.1. The van der Waals surface area contributed by atoms with Gasteiger partial charge in [0, 0.05) is 37.5 Å². The number of rotatable bonds is 18. The molecule has 0 radical (unpaired) electrons. The first kappa shape index (κ1) is 37.4. The summed E-state index contributed by atoms with van der Waals surface area (Å²) in [6, 6.07) is 7.66. The van der Waals surface area contributed by atoms with E-state index in [4.69, 9.17) is 4.74 Å². The van der Waals surface area contributed by atoms with Crippen LogP contribution in [0.15, 0.2) is 30.3 Å². The van der Waals surface area contributed by atoms with Crippen LogP contribution in [-0.4, -0.2) is 89.2 Å². The van der Waals surface area contributed by atoms with E-state index in [0.29, 0.717) is 56.8 Å². The molecule has 2 heterocycles. The summed E-state index contributed by atoms with van der Waals surface area (Å²) in [7, 11) is 0. The predicted molar refractivity (Wildman–Crippen MR) is 184 cm³/mol. The molecule has 0 aromatic heterocycles. The van der Waals surface area contributed by atoms with E-state index in [1.165, 1.54) is 16.7 Å². The van der Waals surface area contributed by atoms with Crippen LogP contribution in [0.2, 0.25) is 0 Å². The zero-order valence-electron chi connectivity index (χ0n) is 28.2. The summed E-state index contributed by atoms with van der Waals surface area (Å²) in [6.07, 6.45) is 6.89. The number of hydrogen-bond donors (Lipinski definition) is 4. The molecule has 2 saturated heterocycles. The molecule has 3 atom stereocenters. The summed E-state index contributed by atoms with van der Waals surface area (Å²) in [5.41, 5.74) is 0.635. The van der Waals surface area contributed by atoms with Crippen molar-refractivity contribution >= 4 is 52.9 Å². The quantitative estimate of drug-likeness (QED) is 0.135. The number of imide groups is 1. The third kappa shape index (κ3) is 11.6. The number of carbonyl (C=O) groups excluding carboxylic acids is 6. The van der Waals surface area contributed by atoms with Crippen molar-refractivity contribution in [2.75, 3.05) is 30.8 Å². The van der Waals surface area contributed by atoms with Gasteiger partial charge in [-0.1, -0.05) is 31.0 Å². The summed E-state index contributed by atoms with van der Waals surface area (Å²) in [5.74, 6) is -0.135. The smallest absolute Gasteiger partial charge is 0.246 e. The zero-order chi connectivity index (χ0) is 34.5. The highest BCUT2D eigenvalue weighted by Crippen LogP contribution is 2.33. The summed E-state index contributed by atoms with van der Waals surface area (Å²) in [5, 5.41) is 10.9. The van der Waals surface area contributed by atoms with Crippen LogP contribution in [-0.2, 0) is 33.5 Å². The van der Waals surface area contributed by atoms with E-state index in [1.807, 2.05) is 32.0 Å². The van der Waals surface area contributed by atoms with Crippen LogP contribution in [0.5, 0.6) is 0 Å². The number of unbranched alkanes of at least 4 members (excludes halogenated alkanes) is 2. The minimum Gasteiger partial charge on any atom is -0.377 e. The molecule has 2 aliphatic heterocycles. The molecule has 264 valence electrons. The SMILES string of the molecule is CC(C)OCCNC(=O)C1CCC(CN2C(=O)CC(SCCCCC[C@H](NC(=O)[C@H]3CCC(=O)N3)C(=O)Nc3ccccc3)C2=O)CC1. The average Bonchev–Trinajstić information content (AvgIpc) is 3.62. The number of para-hydroxylation sites is 1. The van der Waals surface area contributed by atoms with Crippen LogP contribution in [0.3, 0.4) is 0 Å². The van der Waals surface area contributed by atoms with E-state index in [2.05, 4.69) is 21.3 Å². The number of benzene rings is 1. The number of carbonyl (C=O) groups is 6. The second kappa shape index (κ2) is 18.9. The summed E-state index contributed by atoms with van der Waals surface area (Å²) >= 11 is 1.51. The van der Waals surface area contributed by atoms with Gasteiger partial charge in [0.2, 0.25) is 35.4 Å². The summed E-state index contributed by atoms with van der Waals surface area (Å²) < 4.78 is 5.48. The van der Waals surface area contributed by atoms with Gasteiger partial charge in [-0.05, 0) is 82.6 Å². The lowest BCUT2D eigenvalue weighted by Crippen LogP contribution is -2.50. The van der Waals surface area contributed by atoms with E-state index < -0.39 is 12.1 Å². The number of anilines is 1. The summed E-state index contributed by atoms with van der Waals surface area (Å²) in [6.45, 7) is 5.34. The summed E-state index contributed by atoms with van der Waals surface area (Å²) in [4.78, 5) is 77.2. The van der Waals surface area contributed by atoms with Gasteiger partial charge in [0.1, 0.15) is 12.1 Å². The van der Waals surface area contributed by atoms with Crippen molar-refractivity contribution < 1.29 is 33.5 Å². The van der Waals surface area contributed by atoms with Gasteiger partial charge in [0.25, 0.3) is 0 Å². The Labute approximate surface area is 287 Å². The molecule has 6 amide bonds. The van der Waals surface area contributed by atoms with Crippen molar-refractivity contribution in [1.29, 1.82) is 0 Å². The third-order valence-electron chi connectivity index (χ3n) is 9.16. The molecule has 1 unspecified atom stereocenters. The second-order valence-electron chi connectivity index (χ2n) is 13.3. The molecule has 3 fully saturated rings. The minimum atomic E-state index is -0.751. The van der Waals surface area contributed by atoms with Crippen LogP contribution in [0.25, 0.3) is 0 Å². The fourth-order valence-corrected chi connectivity index (χ4v) is 7.59. The van der Waals surface area contributed by atoms with Gasteiger partial charge in [-0.3, -0.25) is 33.7 Å². The van der Waals surface area contributed by atoms with Gasteiger partial charge < -0.3 is 26.0 Å². The van der Waals surface area contributed by atoms with Crippen LogP contribution in [0.1, 0.15) is 84.5 Å². The number of nitrogens with one attached hydrogen (secondary N) is 4. The fourth-order valence-electron chi connectivity index (χ4n) is 6.41. The number of hydrogen-bond acceptors (Lipinski definition) is 8. The van der Waals surface area contributed by atoms with E-state index in [1.54, 1.807) is 12.1 Å². The molecule has 4 N–H and O–H groups in total. The molecule has 1 saturated carbocycles. The molecule has 0 spiro atoms. The minimum absolute atomic E-state index is 0.0339. The molecule has 1 aliphatic carbocycles. The van der Waals surface area contributed by atoms with Crippen molar-refractivity contribution in [3.8, 4) is 0 Å². The Kier molecular flexibility index (Phi) is 14.7. The third-order valence-corrected chi connectivity index (χ3v) is 10.5. The van der Waals surface area contributed by atoms with Gasteiger partial charge in [-0.25, -0.2) is 0 Å². The normalized spacial score (nSPS) is 23.2. The van der Waals surface area contributed by atoms with E-state index in [9.17, 15) is 28.8 Å². The predicted octanol–water partition coefficient (Wildman–Crippen LogP) is 3.16. The molecular formula is C35H51N5O7S. The standard InChI is InChI=1S/C35H51N5O7S/c1-23(2)47-19-18-36-32(43)25-14-12-24(13-15-25)22-40-31(42)21-29(35(40)46)48-20-8-4-7-11-27(33(44)37-26-9-5-3-6-10-26)39-34(45)28-16-17-30(41)38-28/h3,5-6,9-10,23-25,27-29H,4,7-8,11-22H2,1-2H3,(H,36,43)(H,37,44)(H,38,41)(H,39,45)/t24?,25?,27-,28+,29?/m0/s1. The first-order valence-electron chi connectivity index (χ1n) is 17.4. The Morgan fingerprint density at radius 2 is 1.73 bits per heavy atom. The maximum absolute atomic E-state index is 13.1. The van der Waals surface area contributed by atoms with Crippen LogP contribution < -0.4 is 21.3 Å². The maximum Gasteiger partial charge on any atom is 0.246 e. The number of nitrogens with zero attached hydrogens (tertiary/aromatic N) is 1. The largest absolute Gasteiger partial charge is 0.377 e. The molecule has 3 aliphatic rings. The molecule has 1 aromatic carbocycles. The van der Waals surface area contributed by atoms with Gasteiger partial charge >= 0.3 is 0 Å². The molecule has 0 bridgehead atoms. The van der Waals surface area contributed by atoms with Crippen LogP contribution >= 0.6 is 11.8 Å². The molecule has 1 aromatic rings. The monoisotopic (exact) mass is 685 g/mol. The van der Waals surface area contributed by atoms with Gasteiger partial charge in [0.05, 0.1) is 18.0 Å². The van der Waals surface area contributed by atoms with Crippen molar-refractivity contribution in [2.24, 2.45) is 11.8 Å². The Balaban J connectivity index is 1.14. The lowest BCUT2D eigenvalue weighted by Gasteiger charge is -2.30. The zero-order valence-corrected chi connectivity index (χ0v) is 29.0. The Morgan fingerprint density at radius 3 is 2.42 bits per heavy atom. The number of ether oxygens (including phenoxy) is 1. The van der Waals surface area contributed by atoms with Gasteiger partial charge in [-0.15, -0.1) is 11.8 Å². The molecule has 12 nitrogen and oxygen atoms in total. The first-order chi connectivity index (χ1) is 23.1. The van der Waals surface area contributed by atoms with Crippen molar-refractivity contribution in [3.05, 3.63) is 30.3 Å². The molecule has 13 heteroatoms. The number of thioether (sulfide) groups is 1. The van der Waals surface area contributed by atoms with Crippen LogP contribution in [0, 0.1) is 11.8 Å². The Bertz CT molecular complexity index is 1270. The lowest BCUT2D eigenvalue weighted by atomic mass is 9.81. The highest BCUT2D eigenvalue weighted by molar-refractivity contribution is 8.00. The first-order valence-corrected chi connectivity index (χ1v) is 18.5. The Hall–Kier alpha value is -3.45. The van der Waals surface area contributed by atoms with E-state index >= 15 is 0 Å². The second-order valence-corrected chi connectivity index (χ2v) is 14.6. The van der Waals surface area contributed by atoms with Crippen molar-refractivity contribution in [1.82, 2.24) is 20.9 Å². The lowest BCUT2D eigenvalue weighted by molar-refractivity contribution is -0.139. The van der Waals surface area contributed by atoms with E-state index in [-0.39, 0.29) is 65.1 Å². The number of likely N-dealkylation sites (tertiary alicyclic amines) is 1. The molecule has 48 heavy (non-hydrogen) atoms. The molecular weight excluding hydrogens is 634 g/mol. The topological polar surface area (TPSA) is 163 Å². The van der Waals surface area contributed by atoms with E-state index in [0.717, 1.165) is 38.5 Å². The highest BCUT2D eigenvalue weighted by atomic mass is 32.2. The van der Waals surface area contributed by atoms with Gasteiger partial charge in [0.15, 0.2) is 0 Å². The average molecular weight is 686 g/mol. The Morgan fingerprint density at radius 1 is 0.979 bits per heavy atom. The van der Waals surface area contributed by atoms with Gasteiger partial charge in [-0.2, -0.15) is 0 Å². The highest BCUT2D eigenvalue weighted by Gasteiger charge is 2.40. The number of amides is 6. The van der Waals surface area contributed by atoms with Crippen molar-refractivity contribution in [2.45, 2.75) is 108 Å². The van der Waals surface area contributed by atoms with Crippen LogP contribution in [0.4, 0.5) is 5.69 Å².